The molecule has 0 heterocycles. The highest BCUT2D eigenvalue weighted by Crippen LogP contribution is 2.29. The first-order chi connectivity index (χ1) is 14.1. The number of sulfone groups is 1. The lowest BCUT2D eigenvalue weighted by molar-refractivity contribution is -0.385. The molecular weight excluding hydrogens is 412 g/mol. The highest BCUT2D eigenvalue weighted by molar-refractivity contribution is 7.90. The first-order valence-electron chi connectivity index (χ1n) is 9.19. The summed E-state index contributed by atoms with van der Waals surface area (Å²) in [5.74, 6) is -1.54. The molecule has 1 aliphatic rings. The smallest absolute Gasteiger partial charge is 0.338 e. The van der Waals surface area contributed by atoms with Crippen molar-refractivity contribution in [2.45, 2.75) is 30.2 Å². The molecule has 0 fully saturated rings. The number of benzene rings is 2. The molecule has 158 valence electrons. The molecule has 1 aliphatic carbocycles. The van der Waals surface area contributed by atoms with Crippen LogP contribution in [0, 0.1) is 10.1 Å². The maximum absolute atomic E-state index is 12.3. The highest BCUT2D eigenvalue weighted by Gasteiger charge is 2.23. The number of rotatable bonds is 6. The van der Waals surface area contributed by atoms with E-state index in [1.54, 1.807) is 0 Å². The summed E-state index contributed by atoms with van der Waals surface area (Å²) in [6.45, 7) is -0.589. The van der Waals surface area contributed by atoms with Gasteiger partial charge in [0.05, 0.1) is 21.4 Å². The molecule has 0 saturated heterocycles. The monoisotopic (exact) mass is 432 g/mol. The number of nitro benzene ring substituents is 1. The van der Waals surface area contributed by atoms with E-state index in [1.165, 1.54) is 0 Å². The van der Waals surface area contributed by atoms with Gasteiger partial charge >= 0.3 is 5.97 Å². The molecule has 0 aromatic heterocycles. The van der Waals surface area contributed by atoms with Crippen LogP contribution in [0.3, 0.4) is 0 Å². The van der Waals surface area contributed by atoms with Crippen LogP contribution in [-0.2, 0) is 25.8 Å². The van der Waals surface area contributed by atoms with E-state index in [9.17, 15) is 28.1 Å². The number of non-ortho nitro benzene ring substituents is 1. The van der Waals surface area contributed by atoms with E-state index in [-0.39, 0.29) is 16.5 Å². The van der Waals surface area contributed by atoms with Crippen molar-refractivity contribution in [2.24, 2.45) is 0 Å². The Morgan fingerprint density at radius 2 is 1.97 bits per heavy atom. The summed E-state index contributed by atoms with van der Waals surface area (Å²) in [5.41, 5.74) is 1.31. The first-order valence-corrected chi connectivity index (χ1v) is 11.1. The van der Waals surface area contributed by atoms with Crippen molar-refractivity contribution in [1.82, 2.24) is 5.32 Å². The van der Waals surface area contributed by atoms with Gasteiger partial charge in [-0.1, -0.05) is 24.3 Å². The molecule has 0 bridgehead atoms. The molecular formula is C20H20N2O7S. The van der Waals surface area contributed by atoms with E-state index in [1.807, 2.05) is 24.3 Å². The molecule has 1 unspecified atom stereocenters. The van der Waals surface area contributed by atoms with Gasteiger partial charge in [-0.25, -0.2) is 13.2 Å². The second-order valence-electron chi connectivity index (χ2n) is 7.03. The van der Waals surface area contributed by atoms with Crippen LogP contribution in [0.2, 0.25) is 0 Å². The van der Waals surface area contributed by atoms with E-state index in [4.69, 9.17) is 4.74 Å². The van der Waals surface area contributed by atoms with Crippen molar-refractivity contribution in [3.05, 3.63) is 69.3 Å². The minimum atomic E-state index is -3.79. The standard InChI is InChI=1S/C20H20N2O7S/c1-30(27,28)16-10-14(9-15(11-16)22(25)26)20(24)29-12-19(23)21-18-8-4-6-13-5-2-3-7-17(13)18/h2-3,5,7,9-11,18H,4,6,8,12H2,1H3,(H,21,23). The van der Waals surface area contributed by atoms with Crippen LogP contribution in [0.1, 0.15) is 40.4 Å². The second kappa shape index (κ2) is 8.62. The molecule has 2 aromatic rings. The summed E-state index contributed by atoms with van der Waals surface area (Å²) in [7, 11) is -3.79. The first kappa shape index (κ1) is 21.4. The third-order valence-corrected chi connectivity index (χ3v) is 5.90. The summed E-state index contributed by atoms with van der Waals surface area (Å²) < 4.78 is 28.4. The van der Waals surface area contributed by atoms with Crippen LogP contribution < -0.4 is 5.32 Å². The predicted octanol–water partition coefficient (Wildman–Crippen LogP) is 2.35. The number of fused-ring (bicyclic) bond motifs is 1. The molecule has 10 heteroatoms. The van der Waals surface area contributed by atoms with Crippen molar-refractivity contribution in [2.75, 3.05) is 12.9 Å². The minimum absolute atomic E-state index is 0.184. The number of hydrogen-bond donors (Lipinski definition) is 1. The Balaban J connectivity index is 1.68. The number of nitrogens with zero attached hydrogens (tertiary/aromatic N) is 1. The molecule has 1 N–H and O–H groups in total. The summed E-state index contributed by atoms with van der Waals surface area (Å²) in [4.78, 5) is 34.4. The molecule has 0 aliphatic heterocycles. The Hall–Kier alpha value is -3.27. The Kier molecular flexibility index (Phi) is 6.16. The van der Waals surface area contributed by atoms with E-state index in [0.29, 0.717) is 0 Å². The lowest BCUT2D eigenvalue weighted by Gasteiger charge is -2.26. The lowest BCUT2D eigenvalue weighted by atomic mass is 9.88. The van der Waals surface area contributed by atoms with Gasteiger partial charge in [-0.2, -0.15) is 0 Å². The Morgan fingerprint density at radius 1 is 1.23 bits per heavy atom. The van der Waals surface area contributed by atoms with Gasteiger partial charge in [0.15, 0.2) is 16.4 Å². The fraction of sp³-hybridized carbons (Fsp3) is 0.300. The van der Waals surface area contributed by atoms with Crippen molar-refractivity contribution < 1.29 is 27.7 Å². The van der Waals surface area contributed by atoms with Crippen LogP contribution in [0.4, 0.5) is 5.69 Å². The summed E-state index contributed by atoms with van der Waals surface area (Å²) in [5, 5.41) is 13.9. The molecule has 3 rings (SSSR count). The zero-order valence-electron chi connectivity index (χ0n) is 16.2. The van der Waals surface area contributed by atoms with Crippen molar-refractivity contribution in [3.63, 3.8) is 0 Å². The number of hydrogen-bond acceptors (Lipinski definition) is 7. The Morgan fingerprint density at radius 3 is 2.67 bits per heavy atom. The van der Waals surface area contributed by atoms with Gasteiger partial charge in [-0.3, -0.25) is 14.9 Å². The quantitative estimate of drug-likeness (QED) is 0.421. The van der Waals surface area contributed by atoms with E-state index in [2.05, 4.69) is 5.32 Å². The largest absolute Gasteiger partial charge is 0.452 e. The number of carbonyl (C=O) groups is 2. The van der Waals surface area contributed by atoms with E-state index < -0.39 is 38.9 Å². The Bertz CT molecular complexity index is 1110. The van der Waals surface area contributed by atoms with Crippen LogP contribution in [0.15, 0.2) is 47.4 Å². The molecule has 9 nitrogen and oxygen atoms in total. The fourth-order valence-electron chi connectivity index (χ4n) is 3.37. The number of nitrogens with one attached hydrogen (secondary N) is 1. The fourth-order valence-corrected chi connectivity index (χ4v) is 4.05. The van der Waals surface area contributed by atoms with E-state index >= 15 is 0 Å². The Labute approximate surface area is 173 Å². The van der Waals surface area contributed by atoms with Gasteiger partial charge in [0.2, 0.25) is 0 Å². The van der Waals surface area contributed by atoms with Crippen LogP contribution in [-0.4, -0.2) is 38.1 Å². The summed E-state index contributed by atoms with van der Waals surface area (Å²) in [6, 6.07) is 10.4. The van der Waals surface area contributed by atoms with Crippen molar-refractivity contribution >= 4 is 27.4 Å². The summed E-state index contributed by atoms with van der Waals surface area (Å²) >= 11 is 0. The third-order valence-electron chi connectivity index (χ3n) is 4.80. The highest BCUT2D eigenvalue weighted by atomic mass is 32.2. The number of ether oxygens (including phenoxy) is 1. The van der Waals surface area contributed by atoms with Gasteiger partial charge in [0.25, 0.3) is 11.6 Å². The van der Waals surface area contributed by atoms with Crippen LogP contribution in [0.25, 0.3) is 0 Å². The number of esters is 1. The molecule has 1 amide bonds. The van der Waals surface area contributed by atoms with Crippen molar-refractivity contribution in [1.29, 1.82) is 0 Å². The number of amides is 1. The van der Waals surface area contributed by atoms with Crippen LogP contribution >= 0.6 is 0 Å². The van der Waals surface area contributed by atoms with E-state index in [0.717, 1.165) is 54.8 Å². The maximum Gasteiger partial charge on any atom is 0.338 e. The topological polar surface area (TPSA) is 133 Å². The normalized spacial score (nSPS) is 15.7. The third kappa shape index (κ3) is 5.01. The number of carbonyl (C=O) groups excluding carboxylic acids is 2. The molecule has 0 spiro atoms. The van der Waals surface area contributed by atoms with Gasteiger partial charge in [0, 0.05) is 18.4 Å². The van der Waals surface area contributed by atoms with Gasteiger partial charge in [-0.05, 0) is 36.5 Å². The number of aryl methyl sites for hydroxylation is 1. The molecule has 0 saturated carbocycles. The maximum atomic E-state index is 12.3. The molecule has 1 atom stereocenters. The zero-order valence-corrected chi connectivity index (χ0v) is 17.0. The average Bonchev–Trinajstić information content (AvgIpc) is 2.71. The zero-order chi connectivity index (χ0) is 21.9. The molecule has 30 heavy (non-hydrogen) atoms. The van der Waals surface area contributed by atoms with Gasteiger partial charge < -0.3 is 10.1 Å². The van der Waals surface area contributed by atoms with Crippen molar-refractivity contribution in [3.8, 4) is 0 Å². The van der Waals surface area contributed by atoms with Gasteiger partial charge in [0.1, 0.15) is 0 Å². The predicted molar refractivity (Wildman–Crippen MR) is 107 cm³/mol. The molecule has 2 aromatic carbocycles. The summed E-state index contributed by atoms with van der Waals surface area (Å²) in [6.07, 6.45) is 3.49. The van der Waals surface area contributed by atoms with Gasteiger partial charge in [-0.15, -0.1) is 0 Å². The lowest BCUT2D eigenvalue weighted by Crippen LogP contribution is -2.34. The SMILES string of the molecule is CS(=O)(=O)c1cc(C(=O)OCC(=O)NC2CCCc3ccccc32)cc([N+](=O)[O-])c1. The second-order valence-corrected chi connectivity index (χ2v) is 9.05. The minimum Gasteiger partial charge on any atom is -0.452 e. The molecule has 0 radical (unpaired) electrons. The number of nitro groups is 1. The van der Waals surface area contributed by atoms with Crippen LogP contribution in [0.5, 0.6) is 0 Å². The average molecular weight is 432 g/mol.